The number of morpholine rings is 1. The fraction of sp³-hybridized carbons (Fsp3) is 0.812. The summed E-state index contributed by atoms with van der Waals surface area (Å²) >= 11 is 0. The zero-order valence-corrected chi connectivity index (χ0v) is 14.0. The largest absolute Gasteiger partial charge is 0.378 e. The Kier molecular flexibility index (Phi) is 4.51. The molecule has 0 aliphatic carbocycles. The molecule has 4 aliphatic rings. The Bertz CT molecular complexity index is 585. The molecular weight excluding hydrogens is 308 g/mol. The Morgan fingerprint density at radius 2 is 2.17 bits per heavy atom. The average Bonchev–Trinajstić information content (AvgIpc) is 3.10. The number of ether oxygens (including phenoxy) is 1. The van der Waals surface area contributed by atoms with Crippen LogP contribution in [0.25, 0.3) is 0 Å². The topological polar surface area (TPSA) is 89.5 Å². The van der Waals surface area contributed by atoms with Crippen molar-refractivity contribution in [2.24, 2.45) is 17.6 Å². The van der Waals surface area contributed by atoms with Crippen molar-refractivity contribution < 1.29 is 9.53 Å². The van der Waals surface area contributed by atoms with E-state index < -0.39 is 0 Å². The van der Waals surface area contributed by atoms with Gasteiger partial charge in [0, 0.05) is 38.4 Å². The lowest BCUT2D eigenvalue weighted by Crippen LogP contribution is -2.59. The van der Waals surface area contributed by atoms with E-state index in [4.69, 9.17) is 10.5 Å². The molecule has 0 radical (unpaired) electrons. The van der Waals surface area contributed by atoms with Crippen LogP contribution in [0, 0.1) is 11.8 Å². The number of amides is 1. The first-order chi connectivity index (χ1) is 11.7. The van der Waals surface area contributed by atoms with E-state index in [1.165, 1.54) is 0 Å². The maximum atomic E-state index is 12.9. The Hall–Kier alpha value is -1.51. The van der Waals surface area contributed by atoms with Gasteiger partial charge in [0.1, 0.15) is 0 Å². The molecule has 0 spiro atoms. The fourth-order valence-electron chi connectivity index (χ4n) is 4.36. The number of nitrogens with two attached hydrogens (primary N) is 1. The number of fused-ring (bicyclic) bond motifs is 3. The summed E-state index contributed by atoms with van der Waals surface area (Å²) in [5.41, 5.74) is 6.43. The lowest BCUT2D eigenvalue weighted by atomic mass is 9.75. The SMILES string of the molecule is NCc1cn(CC2CC3CCN2CC3C(=O)N2CCOCC2)nn1. The molecule has 8 heteroatoms. The molecule has 4 aliphatic heterocycles. The molecule has 8 nitrogen and oxygen atoms in total. The van der Waals surface area contributed by atoms with Crippen LogP contribution in [0.5, 0.6) is 0 Å². The molecule has 2 N–H and O–H groups in total. The number of hydrogen-bond acceptors (Lipinski definition) is 6. The van der Waals surface area contributed by atoms with Crippen LogP contribution in [0.4, 0.5) is 0 Å². The van der Waals surface area contributed by atoms with Gasteiger partial charge < -0.3 is 15.4 Å². The summed E-state index contributed by atoms with van der Waals surface area (Å²) in [4.78, 5) is 17.3. The number of aromatic nitrogens is 3. The van der Waals surface area contributed by atoms with Crippen molar-refractivity contribution in [3.63, 3.8) is 0 Å². The second-order valence-electron chi connectivity index (χ2n) is 7.11. The third-order valence-corrected chi connectivity index (χ3v) is 5.71. The number of nitrogens with zero attached hydrogens (tertiary/aromatic N) is 5. The minimum absolute atomic E-state index is 0.156. The maximum absolute atomic E-state index is 12.9. The zero-order valence-electron chi connectivity index (χ0n) is 14.0. The monoisotopic (exact) mass is 334 g/mol. The highest BCUT2D eigenvalue weighted by molar-refractivity contribution is 5.79. The summed E-state index contributed by atoms with van der Waals surface area (Å²) in [6, 6.07) is 0.449. The summed E-state index contributed by atoms with van der Waals surface area (Å²) in [5.74, 6) is 0.980. The Morgan fingerprint density at radius 3 is 2.83 bits per heavy atom. The molecule has 1 amide bonds. The normalized spacial score (nSPS) is 33.0. The smallest absolute Gasteiger partial charge is 0.227 e. The molecule has 4 atom stereocenters. The van der Waals surface area contributed by atoms with Gasteiger partial charge in [0.05, 0.1) is 31.4 Å². The van der Waals surface area contributed by atoms with Gasteiger partial charge >= 0.3 is 0 Å². The molecule has 4 saturated heterocycles. The van der Waals surface area contributed by atoms with E-state index >= 15 is 0 Å². The minimum atomic E-state index is 0.156. The van der Waals surface area contributed by atoms with Gasteiger partial charge in [0.2, 0.25) is 5.91 Å². The quantitative estimate of drug-likeness (QED) is 0.784. The lowest BCUT2D eigenvalue weighted by molar-refractivity contribution is -0.148. The van der Waals surface area contributed by atoms with E-state index in [1.54, 1.807) is 0 Å². The van der Waals surface area contributed by atoms with Gasteiger partial charge in [-0.05, 0) is 25.3 Å². The lowest BCUT2D eigenvalue weighted by Gasteiger charge is -2.50. The van der Waals surface area contributed by atoms with Gasteiger partial charge in [0.15, 0.2) is 0 Å². The second kappa shape index (κ2) is 6.78. The van der Waals surface area contributed by atoms with Gasteiger partial charge in [-0.1, -0.05) is 5.21 Å². The Labute approximate surface area is 141 Å². The van der Waals surface area contributed by atoms with Crippen LogP contribution >= 0.6 is 0 Å². The van der Waals surface area contributed by atoms with Crippen LogP contribution in [0.15, 0.2) is 6.20 Å². The summed E-state index contributed by atoms with van der Waals surface area (Å²) in [6.07, 6.45) is 4.13. The predicted octanol–water partition coefficient (Wildman–Crippen LogP) is -0.694. The van der Waals surface area contributed by atoms with E-state index in [2.05, 4.69) is 15.2 Å². The predicted molar refractivity (Wildman–Crippen MR) is 86.9 cm³/mol. The molecule has 0 saturated carbocycles. The fourth-order valence-corrected chi connectivity index (χ4v) is 4.36. The number of piperidine rings is 3. The highest BCUT2D eigenvalue weighted by Gasteiger charge is 2.44. The van der Waals surface area contributed by atoms with Gasteiger partial charge in [-0.2, -0.15) is 0 Å². The molecule has 4 fully saturated rings. The second-order valence-corrected chi connectivity index (χ2v) is 7.11. The Morgan fingerprint density at radius 1 is 1.33 bits per heavy atom. The van der Waals surface area contributed by atoms with Crippen molar-refractivity contribution >= 4 is 5.91 Å². The van der Waals surface area contributed by atoms with Crippen LogP contribution in [-0.4, -0.2) is 76.1 Å². The van der Waals surface area contributed by atoms with Gasteiger partial charge in [-0.25, -0.2) is 0 Å². The van der Waals surface area contributed by atoms with Crippen LogP contribution in [0.3, 0.4) is 0 Å². The first-order valence-electron chi connectivity index (χ1n) is 8.94. The number of hydrogen-bond donors (Lipinski definition) is 1. The van der Waals surface area contributed by atoms with Crippen molar-refractivity contribution in [2.75, 3.05) is 39.4 Å². The van der Waals surface area contributed by atoms with Crippen molar-refractivity contribution in [3.05, 3.63) is 11.9 Å². The van der Waals surface area contributed by atoms with E-state index in [1.807, 2.05) is 15.8 Å². The summed E-state index contributed by atoms with van der Waals surface area (Å²) in [6.45, 7) is 6.05. The van der Waals surface area contributed by atoms with Crippen LogP contribution in [-0.2, 0) is 22.6 Å². The highest BCUT2D eigenvalue weighted by atomic mass is 16.5. The molecular formula is C16H26N6O2. The van der Waals surface area contributed by atoms with Crippen molar-refractivity contribution in [3.8, 4) is 0 Å². The molecule has 5 heterocycles. The molecule has 1 aromatic rings. The summed E-state index contributed by atoms with van der Waals surface area (Å²) in [5, 5.41) is 8.23. The third-order valence-electron chi connectivity index (χ3n) is 5.71. The van der Waals surface area contributed by atoms with Crippen molar-refractivity contribution in [2.45, 2.75) is 32.0 Å². The molecule has 1 aromatic heterocycles. The average molecular weight is 334 g/mol. The molecule has 0 aromatic carbocycles. The number of carbonyl (C=O) groups is 1. The number of carbonyl (C=O) groups excluding carboxylic acids is 1. The molecule has 5 rings (SSSR count). The van der Waals surface area contributed by atoms with E-state index in [0.29, 0.717) is 37.6 Å². The minimum Gasteiger partial charge on any atom is -0.378 e. The zero-order chi connectivity index (χ0) is 16.5. The van der Waals surface area contributed by atoms with Crippen LogP contribution in [0.1, 0.15) is 18.5 Å². The van der Waals surface area contributed by atoms with Gasteiger partial charge in [-0.3, -0.25) is 14.4 Å². The summed E-state index contributed by atoms with van der Waals surface area (Å²) < 4.78 is 7.26. The summed E-state index contributed by atoms with van der Waals surface area (Å²) in [7, 11) is 0. The van der Waals surface area contributed by atoms with E-state index in [9.17, 15) is 4.79 Å². The maximum Gasteiger partial charge on any atom is 0.227 e. The van der Waals surface area contributed by atoms with Crippen molar-refractivity contribution in [1.82, 2.24) is 24.8 Å². The third kappa shape index (κ3) is 3.05. The number of rotatable bonds is 4. The van der Waals surface area contributed by atoms with Crippen LogP contribution in [0.2, 0.25) is 0 Å². The standard InChI is InChI=1S/C16H26N6O2/c17-8-13-9-22(19-18-13)10-14-7-12-1-2-21(14)11-15(12)16(23)20-3-5-24-6-4-20/h9,12,14-15H,1-8,10-11,17H2. The van der Waals surface area contributed by atoms with Gasteiger partial charge in [0.25, 0.3) is 0 Å². The van der Waals surface area contributed by atoms with E-state index in [0.717, 1.165) is 51.3 Å². The first-order valence-corrected chi connectivity index (χ1v) is 8.94. The van der Waals surface area contributed by atoms with Gasteiger partial charge in [-0.15, -0.1) is 5.10 Å². The highest BCUT2D eigenvalue weighted by Crippen LogP contribution is 2.37. The van der Waals surface area contributed by atoms with Crippen LogP contribution < -0.4 is 5.73 Å². The Balaban J connectivity index is 1.39. The molecule has 24 heavy (non-hydrogen) atoms. The molecule has 2 bridgehead atoms. The molecule has 132 valence electrons. The first kappa shape index (κ1) is 16.0. The molecule has 4 unspecified atom stereocenters. The van der Waals surface area contributed by atoms with Crippen molar-refractivity contribution in [1.29, 1.82) is 0 Å². The van der Waals surface area contributed by atoms with E-state index in [-0.39, 0.29) is 5.92 Å².